The van der Waals surface area contributed by atoms with Crippen LogP contribution in [0.2, 0.25) is 0 Å². The van der Waals surface area contributed by atoms with Gasteiger partial charge < -0.3 is 14.5 Å². The largest absolute Gasteiger partial charge is 0.383 e. The average Bonchev–Trinajstić information content (AvgIpc) is 3.12. The van der Waals surface area contributed by atoms with Crippen molar-refractivity contribution in [2.75, 3.05) is 25.6 Å². The molecule has 0 aliphatic rings. The van der Waals surface area contributed by atoms with Gasteiger partial charge in [-0.05, 0) is 23.3 Å². The Morgan fingerprint density at radius 1 is 0.846 bits per heavy atom. The number of nitrogens with one attached hydrogen (secondary N) is 1. The maximum atomic E-state index is 5.07. The van der Waals surface area contributed by atoms with E-state index in [9.17, 15) is 0 Å². The third-order valence-electron chi connectivity index (χ3n) is 4.37. The van der Waals surface area contributed by atoms with E-state index in [2.05, 4.69) is 70.6 Å². The van der Waals surface area contributed by atoms with Gasteiger partial charge in [0.15, 0.2) is 0 Å². The van der Waals surface area contributed by atoms with Crippen molar-refractivity contribution >= 4 is 11.3 Å². The lowest BCUT2D eigenvalue weighted by atomic mass is 10.0. The first-order chi connectivity index (χ1) is 12.8. The Balaban J connectivity index is 1.58. The molecule has 4 heteroatoms. The third-order valence-corrected chi connectivity index (χ3v) is 4.37. The molecular weight excluding hydrogens is 322 g/mol. The molecule has 0 unspecified atom stereocenters. The van der Waals surface area contributed by atoms with Crippen molar-refractivity contribution in [2.45, 2.75) is 0 Å². The zero-order valence-electron chi connectivity index (χ0n) is 14.7. The molecule has 2 aromatic carbocycles. The van der Waals surface area contributed by atoms with Gasteiger partial charge in [-0.25, -0.2) is 4.98 Å². The van der Waals surface area contributed by atoms with Crippen LogP contribution in [0.3, 0.4) is 0 Å². The standard InChI is InChI=1S/C22H21N3O/c1-26-14-13-23-20-11-12-22-24-21(16-25(22)15-20)19-9-7-18(8-10-19)17-5-3-2-4-6-17/h2-12,15-16,23H,13-14H2,1H3. The summed E-state index contributed by atoms with van der Waals surface area (Å²) in [4.78, 5) is 4.73. The molecule has 0 aliphatic carbocycles. The zero-order valence-corrected chi connectivity index (χ0v) is 14.7. The summed E-state index contributed by atoms with van der Waals surface area (Å²) in [6.07, 6.45) is 4.12. The summed E-state index contributed by atoms with van der Waals surface area (Å²) in [5, 5.41) is 3.34. The number of fused-ring (bicyclic) bond motifs is 1. The number of nitrogens with zero attached hydrogens (tertiary/aromatic N) is 2. The molecule has 2 aromatic heterocycles. The van der Waals surface area contributed by atoms with Gasteiger partial charge in [0.2, 0.25) is 0 Å². The van der Waals surface area contributed by atoms with Crippen LogP contribution in [0.1, 0.15) is 0 Å². The van der Waals surface area contributed by atoms with Crippen molar-refractivity contribution in [1.82, 2.24) is 9.38 Å². The second-order valence-corrected chi connectivity index (χ2v) is 6.17. The second kappa shape index (κ2) is 7.42. The van der Waals surface area contributed by atoms with Crippen molar-refractivity contribution < 1.29 is 4.74 Å². The lowest BCUT2D eigenvalue weighted by molar-refractivity contribution is 0.211. The molecule has 0 fully saturated rings. The van der Waals surface area contributed by atoms with Gasteiger partial charge in [-0.1, -0.05) is 54.6 Å². The van der Waals surface area contributed by atoms with Gasteiger partial charge in [0.05, 0.1) is 18.0 Å². The zero-order chi connectivity index (χ0) is 17.8. The Labute approximate surface area is 153 Å². The van der Waals surface area contributed by atoms with Crippen LogP contribution in [0.5, 0.6) is 0 Å². The number of rotatable bonds is 6. The van der Waals surface area contributed by atoms with Gasteiger partial charge in [-0.3, -0.25) is 0 Å². The second-order valence-electron chi connectivity index (χ2n) is 6.17. The number of benzene rings is 2. The minimum atomic E-state index is 0.682. The first-order valence-corrected chi connectivity index (χ1v) is 8.71. The van der Waals surface area contributed by atoms with Crippen LogP contribution < -0.4 is 5.32 Å². The smallest absolute Gasteiger partial charge is 0.137 e. The topological polar surface area (TPSA) is 38.6 Å². The molecule has 0 saturated heterocycles. The quantitative estimate of drug-likeness (QED) is 0.515. The van der Waals surface area contributed by atoms with Crippen molar-refractivity contribution in [3.8, 4) is 22.4 Å². The fourth-order valence-corrected chi connectivity index (χ4v) is 3.00. The SMILES string of the molecule is COCCNc1ccc2nc(-c3ccc(-c4ccccc4)cc3)cn2c1. The Morgan fingerprint density at radius 3 is 2.35 bits per heavy atom. The van der Waals surface area contributed by atoms with Crippen molar-refractivity contribution in [3.05, 3.63) is 79.1 Å². The lowest BCUT2D eigenvalue weighted by Crippen LogP contribution is -2.07. The highest BCUT2D eigenvalue weighted by molar-refractivity contribution is 5.70. The summed E-state index contributed by atoms with van der Waals surface area (Å²) in [6.45, 7) is 1.46. The molecule has 0 saturated carbocycles. The number of ether oxygens (including phenoxy) is 1. The average molecular weight is 343 g/mol. The summed E-state index contributed by atoms with van der Waals surface area (Å²) >= 11 is 0. The molecule has 0 atom stereocenters. The van der Waals surface area contributed by atoms with E-state index in [-0.39, 0.29) is 0 Å². The molecule has 130 valence electrons. The van der Waals surface area contributed by atoms with E-state index in [0.29, 0.717) is 6.61 Å². The Kier molecular flexibility index (Phi) is 4.67. The normalized spacial score (nSPS) is 11.0. The number of hydrogen-bond acceptors (Lipinski definition) is 3. The van der Waals surface area contributed by atoms with Crippen LogP contribution >= 0.6 is 0 Å². The van der Waals surface area contributed by atoms with Crippen LogP contribution in [-0.4, -0.2) is 29.6 Å². The highest BCUT2D eigenvalue weighted by Gasteiger charge is 2.06. The molecule has 4 aromatic rings. The Morgan fingerprint density at radius 2 is 1.58 bits per heavy atom. The molecule has 26 heavy (non-hydrogen) atoms. The van der Waals surface area contributed by atoms with Crippen molar-refractivity contribution in [1.29, 1.82) is 0 Å². The molecule has 0 radical (unpaired) electrons. The molecule has 0 amide bonds. The van der Waals surface area contributed by atoms with E-state index >= 15 is 0 Å². The van der Waals surface area contributed by atoms with E-state index in [1.807, 2.05) is 18.2 Å². The molecule has 4 rings (SSSR count). The molecule has 0 spiro atoms. The summed E-state index contributed by atoms with van der Waals surface area (Å²) in [5.74, 6) is 0. The van der Waals surface area contributed by atoms with Gasteiger partial charge in [0.1, 0.15) is 5.65 Å². The summed E-state index contributed by atoms with van der Waals surface area (Å²) < 4.78 is 7.12. The fraction of sp³-hybridized carbons (Fsp3) is 0.136. The van der Waals surface area contributed by atoms with E-state index in [0.717, 1.165) is 29.1 Å². The highest BCUT2D eigenvalue weighted by atomic mass is 16.5. The van der Waals surface area contributed by atoms with Crippen molar-refractivity contribution in [3.63, 3.8) is 0 Å². The van der Waals surface area contributed by atoms with Gasteiger partial charge in [-0.2, -0.15) is 0 Å². The van der Waals surface area contributed by atoms with Crippen LogP contribution in [0.4, 0.5) is 5.69 Å². The molecule has 0 bridgehead atoms. The number of hydrogen-bond donors (Lipinski definition) is 1. The van der Waals surface area contributed by atoms with Crippen LogP contribution in [-0.2, 0) is 4.74 Å². The van der Waals surface area contributed by atoms with Crippen LogP contribution in [0.15, 0.2) is 79.1 Å². The Hall–Kier alpha value is -3.11. The summed E-state index contributed by atoms with van der Waals surface area (Å²) in [7, 11) is 1.70. The fourth-order valence-electron chi connectivity index (χ4n) is 3.00. The van der Waals surface area contributed by atoms with Crippen LogP contribution in [0.25, 0.3) is 28.0 Å². The monoisotopic (exact) mass is 343 g/mol. The van der Waals surface area contributed by atoms with Crippen LogP contribution in [0, 0.1) is 0 Å². The van der Waals surface area contributed by atoms with Gasteiger partial charge in [0, 0.05) is 31.6 Å². The van der Waals surface area contributed by atoms with E-state index in [1.165, 1.54) is 11.1 Å². The first-order valence-electron chi connectivity index (χ1n) is 8.71. The molecule has 0 aliphatic heterocycles. The maximum absolute atomic E-state index is 5.07. The number of anilines is 1. The minimum absolute atomic E-state index is 0.682. The Bertz CT molecular complexity index is 991. The number of pyridine rings is 1. The predicted molar refractivity (Wildman–Crippen MR) is 106 cm³/mol. The molecular formula is C22H21N3O. The molecule has 4 nitrogen and oxygen atoms in total. The number of imidazole rings is 1. The van der Waals surface area contributed by atoms with E-state index < -0.39 is 0 Å². The van der Waals surface area contributed by atoms with E-state index in [4.69, 9.17) is 9.72 Å². The number of aromatic nitrogens is 2. The highest BCUT2D eigenvalue weighted by Crippen LogP contribution is 2.25. The maximum Gasteiger partial charge on any atom is 0.137 e. The first kappa shape index (κ1) is 16.4. The molecule has 2 heterocycles. The van der Waals surface area contributed by atoms with E-state index in [1.54, 1.807) is 7.11 Å². The molecule has 1 N–H and O–H groups in total. The summed E-state index contributed by atoms with van der Waals surface area (Å²) in [5.41, 5.74) is 6.51. The third kappa shape index (κ3) is 3.46. The van der Waals surface area contributed by atoms with Gasteiger partial charge in [0.25, 0.3) is 0 Å². The van der Waals surface area contributed by atoms with Gasteiger partial charge in [-0.15, -0.1) is 0 Å². The minimum Gasteiger partial charge on any atom is -0.383 e. The number of methoxy groups -OCH3 is 1. The van der Waals surface area contributed by atoms with Crippen molar-refractivity contribution in [2.24, 2.45) is 0 Å². The predicted octanol–water partition coefficient (Wildman–Crippen LogP) is 4.73. The van der Waals surface area contributed by atoms with Gasteiger partial charge >= 0.3 is 0 Å². The lowest BCUT2D eigenvalue weighted by Gasteiger charge is -2.05. The summed E-state index contributed by atoms with van der Waals surface area (Å²) in [6, 6.07) is 23.0.